The summed E-state index contributed by atoms with van der Waals surface area (Å²) in [5.74, 6) is 1.84. The van der Waals surface area contributed by atoms with E-state index < -0.39 is 0 Å². The van der Waals surface area contributed by atoms with E-state index in [2.05, 4.69) is 60.5 Å². The summed E-state index contributed by atoms with van der Waals surface area (Å²) in [6.07, 6.45) is 4.76. The summed E-state index contributed by atoms with van der Waals surface area (Å²) in [5, 5.41) is 3.78. The van der Waals surface area contributed by atoms with E-state index in [0.717, 1.165) is 73.4 Å². The van der Waals surface area contributed by atoms with Crippen molar-refractivity contribution in [3.63, 3.8) is 0 Å². The molecule has 0 radical (unpaired) electrons. The molecule has 196 valence electrons. The third kappa shape index (κ3) is 7.14. The number of carbonyl (C=O) groups is 1. The van der Waals surface area contributed by atoms with Crippen molar-refractivity contribution in [3.8, 4) is 11.5 Å². The van der Waals surface area contributed by atoms with E-state index >= 15 is 0 Å². The summed E-state index contributed by atoms with van der Waals surface area (Å²) in [6, 6.07) is 23.3. The maximum Gasteiger partial charge on any atom is 0.254 e. The minimum atomic E-state index is 0.151. The van der Waals surface area contributed by atoms with E-state index in [4.69, 9.17) is 9.47 Å². The number of rotatable bonds is 10. The van der Waals surface area contributed by atoms with E-state index in [-0.39, 0.29) is 11.9 Å². The lowest BCUT2D eigenvalue weighted by Gasteiger charge is -2.40. The zero-order chi connectivity index (χ0) is 26.2. The fraction of sp³-hybridized carbons (Fsp3) is 0.406. The Morgan fingerprint density at radius 2 is 1.73 bits per heavy atom. The van der Waals surface area contributed by atoms with E-state index in [0.29, 0.717) is 6.04 Å². The van der Waals surface area contributed by atoms with E-state index in [1.54, 1.807) is 14.2 Å². The van der Waals surface area contributed by atoms with Crippen LogP contribution in [0.1, 0.15) is 51.9 Å². The standard InChI is InChI=1S/C32H40N2O3/c1-23-17-24(2)19-27(18-23)32(35)34-16-14-28(21-29(34)20-25-9-6-5-7-10-25)33-15-8-11-26-12-13-30(36-3)22-31(26)37-4/h5-7,9-10,12-13,17-19,22,28-29,33H,8,11,14-16,20-21H2,1-4H3/t28-,29-/m0/s1. The topological polar surface area (TPSA) is 50.8 Å². The van der Waals surface area contributed by atoms with Crippen LogP contribution in [-0.4, -0.2) is 50.2 Å². The molecular weight excluding hydrogens is 460 g/mol. The van der Waals surface area contributed by atoms with E-state index in [1.807, 2.05) is 30.3 Å². The largest absolute Gasteiger partial charge is 0.497 e. The fourth-order valence-corrected chi connectivity index (χ4v) is 5.49. The Hall–Kier alpha value is -3.31. The van der Waals surface area contributed by atoms with Gasteiger partial charge in [-0.2, -0.15) is 0 Å². The molecule has 1 fully saturated rings. The molecule has 1 heterocycles. The molecule has 1 N–H and O–H groups in total. The highest BCUT2D eigenvalue weighted by Gasteiger charge is 2.32. The van der Waals surface area contributed by atoms with Gasteiger partial charge in [-0.1, -0.05) is 53.6 Å². The molecule has 0 saturated carbocycles. The first-order valence-electron chi connectivity index (χ1n) is 13.3. The van der Waals surface area contributed by atoms with Gasteiger partial charge in [-0.15, -0.1) is 0 Å². The first-order chi connectivity index (χ1) is 18.0. The van der Waals surface area contributed by atoms with Crippen LogP contribution in [0.25, 0.3) is 0 Å². The molecule has 1 aliphatic heterocycles. The number of piperidine rings is 1. The Labute approximate surface area is 221 Å². The second-order valence-corrected chi connectivity index (χ2v) is 10.2. The lowest BCUT2D eigenvalue weighted by atomic mass is 9.91. The Bertz CT molecular complexity index is 1160. The summed E-state index contributed by atoms with van der Waals surface area (Å²) in [7, 11) is 3.38. The molecule has 1 aliphatic rings. The molecule has 3 aromatic carbocycles. The van der Waals surface area contributed by atoms with Gasteiger partial charge in [0, 0.05) is 30.3 Å². The number of nitrogens with one attached hydrogen (secondary N) is 1. The molecule has 0 spiro atoms. The summed E-state index contributed by atoms with van der Waals surface area (Å²) in [6.45, 7) is 5.82. The van der Waals surface area contributed by atoms with Crippen molar-refractivity contribution in [2.45, 2.75) is 58.0 Å². The predicted molar refractivity (Wildman–Crippen MR) is 150 cm³/mol. The second-order valence-electron chi connectivity index (χ2n) is 10.2. The lowest BCUT2D eigenvalue weighted by molar-refractivity contribution is 0.0577. The van der Waals surface area contributed by atoms with Crippen LogP contribution in [0.3, 0.4) is 0 Å². The number of methoxy groups -OCH3 is 2. The number of aryl methyl sites for hydroxylation is 3. The minimum absolute atomic E-state index is 0.151. The first kappa shape index (κ1) is 26.7. The number of ether oxygens (including phenoxy) is 2. The number of likely N-dealkylation sites (tertiary alicyclic amines) is 1. The summed E-state index contributed by atoms with van der Waals surface area (Å²) >= 11 is 0. The summed E-state index contributed by atoms with van der Waals surface area (Å²) in [4.78, 5) is 15.7. The molecule has 0 aromatic heterocycles. The zero-order valence-corrected chi connectivity index (χ0v) is 22.6. The average Bonchev–Trinajstić information content (AvgIpc) is 2.91. The molecule has 1 amide bonds. The maximum atomic E-state index is 13.6. The van der Waals surface area contributed by atoms with Gasteiger partial charge in [-0.25, -0.2) is 0 Å². The van der Waals surface area contributed by atoms with Crippen LogP contribution >= 0.6 is 0 Å². The van der Waals surface area contributed by atoms with Gasteiger partial charge >= 0.3 is 0 Å². The number of benzene rings is 3. The van der Waals surface area contributed by atoms with E-state index in [1.165, 1.54) is 11.1 Å². The molecule has 5 nitrogen and oxygen atoms in total. The van der Waals surface area contributed by atoms with Crippen LogP contribution in [0.4, 0.5) is 0 Å². The van der Waals surface area contributed by atoms with Gasteiger partial charge in [-0.3, -0.25) is 4.79 Å². The van der Waals surface area contributed by atoms with Crippen molar-refractivity contribution in [1.82, 2.24) is 10.2 Å². The van der Waals surface area contributed by atoms with Crippen molar-refractivity contribution in [2.75, 3.05) is 27.3 Å². The van der Waals surface area contributed by atoms with Crippen molar-refractivity contribution >= 4 is 5.91 Å². The van der Waals surface area contributed by atoms with Crippen molar-refractivity contribution < 1.29 is 14.3 Å². The molecule has 0 bridgehead atoms. The lowest BCUT2D eigenvalue weighted by Crippen LogP contribution is -2.52. The van der Waals surface area contributed by atoms with Gasteiger partial charge in [0.05, 0.1) is 14.2 Å². The SMILES string of the molecule is COc1ccc(CCCN[C@H]2CCN(C(=O)c3cc(C)cc(C)c3)[C@@H](Cc3ccccc3)C2)c(OC)c1. The second kappa shape index (κ2) is 12.8. The Balaban J connectivity index is 1.39. The normalized spacial score (nSPS) is 17.5. The molecular formula is C32H40N2O3. The molecule has 0 aliphatic carbocycles. The van der Waals surface area contributed by atoms with Gasteiger partial charge < -0.3 is 19.7 Å². The molecule has 37 heavy (non-hydrogen) atoms. The molecule has 2 atom stereocenters. The Morgan fingerprint density at radius 1 is 0.973 bits per heavy atom. The Morgan fingerprint density at radius 3 is 2.43 bits per heavy atom. The van der Waals surface area contributed by atoms with Gasteiger partial charge in [0.25, 0.3) is 5.91 Å². The number of hydrogen-bond donors (Lipinski definition) is 1. The van der Waals surface area contributed by atoms with Crippen LogP contribution in [-0.2, 0) is 12.8 Å². The third-order valence-electron chi connectivity index (χ3n) is 7.31. The predicted octanol–water partition coefficient (Wildman–Crippen LogP) is 5.76. The van der Waals surface area contributed by atoms with Crippen molar-refractivity contribution in [1.29, 1.82) is 0 Å². The molecule has 0 unspecified atom stereocenters. The van der Waals surface area contributed by atoms with Crippen LogP contribution < -0.4 is 14.8 Å². The number of carbonyl (C=O) groups excluding carboxylic acids is 1. The summed E-state index contributed by atoms with van der Waals surface area (Å²) < 4.78 is 10.9. The van der Waals surface area contributed by atoms with Crippen molar-refractivity contribution in [3.05, 3.63) is 94.5 Å². The van der Waals surface area contributed by atoms with Gasteiger partial charge in [-0.05, 0) is 81.8 Å². The van der Waals surface area contributed by atoms with Gasteiger partial charge in [0.2, 0.25) is 0 Å². The number of hydrogen-bond acceptors (Lipinski definition) is 4. The highest BCUT2D eigenvalue weighted by Crippen LogP contribution is 2.27. The highest BCUT2D eigenvalue weighted by atomic mass is 16.5. The molecule has 5 heteroatoms. The zero-order valence-electron chi connectivity index (χ0n) is 22.6. The molecule has 1 saturated heterocycles. The monoisotopic (exact) mass is 500 g/mol. The number of nitrogens with zero attached hydrogens (tertiary/aromatic N) is 1. The Kier molecular flexibility index (Phi) is 9.24. The van der Waals surface area contributed by atoms with Crippen LogP contribution in [0.2, 0.25) is 0 Å². The third-order valence-corrected chi connectivity index (χ3v) is 7.31. The molecule has 4 rings (SSSR count). The average molecular weight is 501 g/mol. The van der Waals surface area contributed by atoms with Crippen LogP contribution in [0.15, 0.2) is 66.7 Å². The van der Waals surface area contributed by atoms with Crippen LogP contribution in [0, 0.1) is 13.8 Å². The number of amides is 1. The first-order valence-corrected chi connectivity index (χ1v) is 13.3. The summed E-state index contributed by atoms with van der Waals surface area (Å²) in [5.41, 5.74) is 5.54. The maximum absolute atomic E-state index is 13.6. The van der Waals surface area contributed by atoms with Gasteiger partial charge in [0.15, 0.2) is 0 Å². The smallest absolute Gasteiger partial charge is 0.254 e. The van der Waals surface area contributed by atoms with Crippen molar-refractivity contribution in [2.24, 2.45) is 0 Å². The molecule has 3 aromatic rings. The van der Waals surface area contributed by atoms with Gasteiger partial charge in [0.1, 0.15) is 11.5 Å². The van der Waals surface area contributed by atoms with Crippen LogP contribution in [0.5, 0.6) is 11.5 Å². The minimum Gasteiger partial charge on any atom is -0.497 e. The fourth-order valence-electron chi connectivity index (χ4n) is 5.49. The van der Waals surface area contributed by atoms with E-state index in [9.17, 15) is 4.79 Å². The highest BCUT2D eigenvalue weighted by molar-refractivity contribution is 5.95. The quantitative estimate of drug-likeness (QED) is 0.360.